The molecule has 1 atom stereocenters. The molecule has 28 heavy (non-hydrogen) atoms. The van der Waals surface area contributed by atoms with Gasteiger partial charge in [0.05, 0.1) is 13.2 Å². The first-order valence-electron chi connectivity index (χ1n) is 10.1. The van der Waals surface area contributed by atoms with Gasteiger partial charge in [0.15, 0.2) is 6.61 Å². The average Bonchev–Trinajstić information content (AvgIpc) is 2.96. The molecule has 6 nitrogen and oxygen atoms in total. The van der Waals surface area contributed by atoms with Crippen molar-refractivity contribution < 1.29 is 14.3 Å². The molecule has 1 aromatic carbocycles. The number of aromatic nitrogens is 1. The van der Waals surface area contributed by atoms with Crippen molar-refractivity contribution in [2.24, 2.45) is 7.05 Å². The second-order valence-corrected chi connectivity index (χ2v) is 7.28. The van der Waals surface area contributed by atoms with Crippen LogP contribution in [0.15, 0.2) is 42.6 Å². The van der Waals surface area contributed by atoms with E-state index in [0.29, 0.717) is 18.0 Å². The van der Waals surface area contributed by atoms with Gasteiger partial charge in [0.1, 0.15) is 11.5 Å². The SMILES string of the molecule is COc1cccc(OCC(=O)NCC(c2cccn2C)N2CCCCCC2)c1. The highest BCUT2D eigenvalue weighted by atomic mass is 16.5. The van der Waals surface area contributed by atoms with Crippen LogP contribution in [0.1, 0.15) is 37.4 Å². The summed E-state index contributed by atoms with van der Waals surface area (Å²) in [6.45, 7) is 2.73. The number of rotatable bonds is 8. The van der Waals surface area contributed by atoms with Gasteiger partial charge in [0.25, 0.3) is 5.91 Å². The Hall–Kier alpha value is -2.47. The Bertz CT molecular complexity index is 751. The van der Waals surface area contributed by atoms with Crippen molar-refractivity contribution in [3.05, 3.63) is 48.3 Å². The van der Waals surface area contributed by atoms with Crippen LogP contribution in [0.2, 0.25) is 0 Å². The quantitative estimate of drug-likeness (QED) is 0.758. The minimum Gasteiger partial charge on any atom is -0.497 e. The molecule has 1 aromatic heterocycles. The Labute approximate surface area is 167 Å². The fourth-order valence-electron chi connectivity index (χ4n) is 3.75. The van der Waals surface area contributed by atoms with Crippen LogP contribution in [-0.2, 0) is 11.8 Å². The lowest BCUT2D eigenvalue weighted by atomic mass is 10.1. The number of methoxy groups -OCH3 is 1. The molecule has 2 aromatic rings. The van der Waals surface area contributed by atoms with Gasteiger partial charge >= 0.3 is 0 Å². The maximum absolute atomic E-state index is 12.4. The first-order chi connectivity index (χ1) is 13.7. The van der Waals surface area contributed by atoms with Crippen LogP contribution in [0, 0.1) is 0 Å². The number of carbonyl (C=O) groups excluding carboxylic acids is 1. The minimum absolute atomic E-state index is 0.00692. The zero-order chi connectivity index (χ0) is 19.8. The van der Waals surface area contributed by atoms with Gasteiger partial charge in [0.2, 0.25) is 0 Å². The Balaban J connectivity index is 1.57. The van der Waals surface area contributed by atoms with E-state index in [4.69, 9.17) is 9.47 Å². The van der Waals surface area contributed by atoms with Crippen LogP contribution in [-0.4, -0.2) is 48.7 Å². The van der Waals surface area contributed by atoms with Crippen molar-refractivity contribution in [2.75, 3.05) is 33.4 Å². The monoisotopic (exact) mass is 385 g/mol. The summed E-state index contributed by atoms with van der Waals surface area (Å²) in [4.78, 5) is 14.9. The van der Waals surface area contributed by atoms with Crippen LogP contribution in [0.25, 0.3) is 0 Å². The highest BCUT2D eigenvalue weighted by molar-refractivity contribution is 5.77. The minimum atomic E-state index is -0.114. The standard InChI is InChI=1S/C22H31N3O3/c1-24-12-8-11-20(24)21(25-13-5-3-4-6-14-25)16-23-22(26)17-28-19-10-7-9-18(15-19)27-2/h7-12,15,21H,3-6,13-14,16-17H2,1-2H3,(H,23,26). The van der Waals surface area contributed by atoms with Crippen LogP contribution in [0.5, 0.6) is 11.5 Å². The molecule has 2 heterocycles. The second kappa shape index (κ2) is 10.2. The molecule has 1 N–H and O–H groups in total. The van der Waals surface area contributed by atoms with Crippen LogP contribution in [0.4, 0.5) is 0 Å². The Morgan fingerprint density at radius 2 is 1.86 bits per heavy atom. The van der Waals surface area contributed by atoms with Crippen molar-refractivity contribution >= 4 is 5.91 Å². The van der Waals surface area contributed by atoms with Crippen LogP contribution < -0.4 is 14.8 Å². The molecular weight excluding hydrogens is 354 g/mol. The Kier molecular flexibility index (Phi) is 7.37. The summed E-state index contributed by atoms with van der Waals surface area (Å²) >= 11 is 0. The van der Waals surface area contributed by atoms with Crippen molar-refractivity contribution in [1.29, 1.82) is 0 Å². The third kappa shape index (κ3) is 5.52. The Morgan fingerprint density at radius 3 is 2.54 bits per heavy atom. The zero-order valence-corrected chi connectivity index (χ0v) is 16.9. The van der Waals surface area contributed by atoms with E-state index in [1.807, 2.05) is 18.2 Å². The molecular formula is C22H31N3O3. The van der Waals surface area contributed by atoms with Crippen LogP contribution >= 0.6 is 0 Å². The van der Waals surface area contributed by atoms with Gasteiger partial charge in [-0.15, -0.1) is 0 Å². The lowest BCUT2D eigenvalue weighted by molar-refractivity contribution is -0.123. The van der Waals surface area contributed by atoms with E-state index in [-0.39, 0.29) is 18.6 Å². The maximum atomic E-state index is 12.4. The third-order valence-corrected chi connectivity index (χ3v) is 5.31. The molecule has 1 amide bonds. The number of carbonyl (C=O) groups is 1. The number of hydrogen-bond donors (Lipinski definition) is 1. The summed E-state index contributed by atoms with van der Waals surface area (Å²) < 4.78 is 12.9. The molecule has 1 aliphatic rings. The highest BCUT2D eigenvalue weighted by Gasteiger charge is 2.24. The summed E-state index contributed by atoms with van der Waals surface area (Å²) in [6, 6.07) is 11.7. The molecule has 1 saturated heterocycles. The third-order valence-electron chi connectivity index (χ3n) is 5.31. The smallest absolute Gasteiger partial charge is 0.258 e. The number of likely N-dealkylation sites (tertiary alicyclic amines) is 1. The van der Waals surface area contributed by atoms with Crippen LogP contribution in [0.3, 0.4) is 0 Å². The van der Waals surface area contributed by atoms with Gasteiger partial charge in [0, 0.05) is 31.5 Å². The summed E-state index contributed by atoms with van der Waals surface area (Å²) in [7, 11) is 3.67. The first-order valence-corrected chi connectivity index (χ1v) is 10.1. The van der Waals surface area contributed by atoms with E-state index in [9.17, 15) is 4.79 Å². The van der Waals surface area contributed by atoms with Gasteiger partial charge in [-0.25, -0.2) is 0 Å². The molecule has 0 saturated carbocycles. The summed E-state index contributed by atoms with van der Waals surface area (Å²) in [5.74, 6) is 1.22. The molecule has 3 rings (SSSR count). The van der Waals surface area contributed by atoms with Crippen molar-refractivity contribution in [3.8, 4) is 11.5 Å². The van der Waals surface area contributed by atoms with E-state index >= 15 is 0 Å². The van der Waals surface area contributed by atoms with E-state index in [2.05, 4.69) is 40.2 Å². The molecule has 0 spiro atoms. The fourth-order valence-corrected chi connectivity index (χ4v) is 3.75. The van der Waals surface area contributed by atoms with E-state index in [1.165, 1.54) is 31.4 Å². The molecule has 0 aliphatic carbocycles. The molecule has 0 radical (unpaired) electrons. The van der Waals surface area contributed by atoms with Gasteiger partial charge in [-0.2, -0.15) is 0 Å². The van der Waals surface area contributed by atoms with Gasteiger partial charge < -0.3 is 19.4 Å². The molecule has 1 fully saturated rings. The summed E-state index contributed by atoms with van der Waals surface area (Å²) in [5, 5.41) is 3.06. The summed E-state index contributed by atoms with van der Waals surface area (Å²) in [6.07, 6.45) is 7.07. The first kappa shape index (κ1) is 20.3. The van der Waals surface area contributed by atoms with Gasteiger partial charge in [-0.05, 0) is 50.2 Å². The lowest BCUT2D eigenvalue weighted by Crippen LogP contribution is -2.40. The largest absolute Gasteiger partial charge is 0.497 e. The zero-order valence-electron chi connectivity index (χ0n) is 16.9. The van der Waals surface area contributed by atoms with E-state index in [1.54, 1.807) is 13.2 Å². The van der Waals surface area contributed by atoms with Crippen molar-refractivity contribution in [2.45, 2.75) is 31.7 Å². The predicted octanol–water partition coefficient (Wildman–Crippen LogP) is 3.15. The molecule has 152 valence electrons. The normalized spacial score (nSPS) is 16.2. The number of benzene rings is 1. The van der Waals surface area contributed by atoms with Crippen molar-refractivity contribution in [3.63, 3.8) is 0 Å². The number of amides is 1. The van der Waals surface area contributed by atoms with Gasteiger partial charge in [-0.1, -0.05) is 18.9 Å². The Morgan fingerprint density at radius 1 is 1.11 bits per heavy atom. The number of nitrogens with zero attached hydrogens (tertiary/aromatic N) is 2. The fraction of sp³-hybridized carbons (Fsp3) is 0.500. The number of aryl methyl sites for hydroxylation is 1. The van der Waals surface area contributed by atoms with Gasteiger partial charge in [-0.3, -0.25) is 9.69 Å². The topological polar surface area (TPSA) is 55.7 Å². The highest BCUT2D eigenvalue weighted by Crippen LogP contribution is 2.24. The predicted molar refractivity (Wildman–Crippen MR) is 110 cm³/mol. The lowest BCUT2D eigenvalue weighted by Gasteiger charge is -2.31. The molecule has 6 heteroatoms. The number of hydrogen-bond acceptors (Lipinski definition) is 4. The number of ether oxygens (including phenoxy) is 2. The summed E-state index contributed by atoms with van der Waals surface area (Å²) in [5.41, 5.74) is 1.23. The molecule has 0 bridgehead atoms. The van der Waals surface area contributed by atoms with E-state index < -0.39 is 0 Å². The molecule has 1 unspecified atom stereocenters. The average molecular weight is 386 g/mol. The second-order valence-electron chi connectivity index (χ2n) is 7.28. The van der Waals surface area contributed by atoms with E-state index in [0.717, 1.165) is 13.1 Å². The number of nitrogens with one attached hydrogen (secondary N) is 1. The van der Waals surface area contributed by atoms with Crippen molar-refractivity contribution in [1.82, 2.24) is 14.8 Å². The maximum Gasteiger partial charge on any atom is 0.258 e. The molecule has 1 aliphatic heterocycles.